The number of carbonyl (C=O) groups is 1. The number of esters is 1. The molecule has 0 N–H and O–H groups in total. The summed E-state index contributed by atoms with van der Waals surface area (Å²) in [4.78, 5) is 11.3. The Balaban J connectivity index is 3.23. The van der Waals surface area contributed by atoms with Crippen molar-refractivity contribution in [3.63, 3.8) is 0 Å². The van der Waals surface area contributed by atoms with Crippen LogP contribution in [-0.4, -0.2) is 25.2 Å². The number of alkyl halides is 3. The summed E-state index contributed by atoms with van der Waals surface area (Å²) in [6.45, 7) is 1.73. The van der Waals surface area contributed by atoms with Crippen LogP contribution in [0.1, 0.15) is 18.1 Å². The maximum Gasteiger partial charge on any atom is 0.446 e. The van der Waals surface area contributed by atoms with Crippen LogP contribution in [0.4, 0.5) is 13.2 Å². The SMILES string of the molecule is CCOC(=O)Cc1cc(OC)c(C#N)cc1SC(F)(F)F. The minimum Gasteiger partial charge on any atom is -0.495 e. The molecule has 1 aromatic carbocycles. The minimum absolute atomic E-state index is 0.0307. The molecule has 114 valence electrons. The van der Waals surface area contributed by atoms with Crippen LogP contribution in [0.15, 0.2) is 17.0 Å². The summed E-state index contributed by atoms with van der Waals surface area (Å²) in [6, 6.07) is 4.07. The molecule has 0 unspecified atom stereocenters. The van der Waals surface area contributed by atoms with Crippen molar-refractivity contribution in [3.8, 4) is 11.8 Å². The number of rotatable bonds is 5. The van der Waals surface area contributed by atoms with E-state index < -0.39 is 11.5 Å². The smallest absolute Gasteiger partial charge is 0.446 e. The van der Waals surface area contributed by atoms with E-state index in [1.165, 1.54) is 13.2 Å². The molecule has 8 heteroatoms. The van der Waals surface area contributed by atoms with Crippen molar-refractivity contribution in [1.82, 2.24) is 0 Å². The van der Waals surface area contributed by atoms with Gasteiger partial charge in [-0.2, -0.15) is 18.4 Å². The number of ether oxygens (including phenoxy) is 2. The van der Waals surface area contributed by atoms with Crippen molar-refractivity contribution in [3.05, 3.63) is 23.3 Å². The van der Waals surface area contributed by atoms with E-state index in [0.29, 0.717) is 0 Å². The fraction of sp³-hybridized carbons (Fsp3) is 0.385. The standard InChI is InChI=1S/C13H12F3NO3S/c1-3-20-12(18)6-8-4-10(19-2)9(7-17)5-11(8)21-13(14,15)16/h4-5H,3,6H2,1-2H3. The van der Waals surface area contributed by atoms with Crippen LogP contribution in [0.25, 0.3) is 0 Å². The van der Waals surface area contributed by atoms with Gasteiger partial charge in [0.05, 0.1) is 25.7 Å². The van der Waals surface area contributed by atoms with E-state index in [4.69, 9.17) is 14.7 Å². The van der Waals surface area contributed by atoms with E-state index >= 15 is 0 Å². The lowest BCUT2D eigenvalue weighted by molar-refractivity contribution is -0.142. The lowest BCUT2D eigenvalue weighted by atomic mass is 10.1. The lowest BCUT2D eigenvalue weighted by Gasteiger charge is -2.13. The molecule has 0 aliphatic carbocycles. The van der Waals surface area contributed by atoms with Gasteiger partial charge in [0.2, 0.25) is 0 Å². The van der Waals surface area contributed by atoms with E-state index in [2.05, 4.69) is 0 Å². The van der Waals surface area contributed by atoms with Crippen molar-refractivity contribution in [1.29, 1.82) is 5.26 Å². The van der Waals surface area contributed by atoms with Crippen LogP contribution in [-0.2, 0) is 16.0 Å². The molecule has 0 fully saturated rings. The van der Waals surface area contributed by atoms with E-state index in [-0.39, 0.29) is 46.6 Å². The molecular weight excluding hydrogens is 307 g/mol. The van der Waals surface area contributed by atoms with E-state index in [0.717, 1.165) is 6.07 Å². The third-order valence-corrected chi connectivity index (χ3v) is 3.20. The van der Waals surface area contributed by atoms with Gasteiger partial charge in [-0.05, 0) is 36.4 Å². The second-order valence-electron chi connectivity index (χ2n) is 3.80. The van der Waals surface area contributed by atoms with Gasteiger partial charge < -0.3 is 9.47 Å². The molecule has 0 radical (unpaired) electrons. The van der Waals surface area contributed by atoms with Gasteiger partial charge in [-0.3, -0.25) is 4.79 Å². The Kier molecular flexibility index (Phi) is 5.90. The Morgan fingerprint density at radius 2 is 2.10 bits per heavy atom. The first-order chi connectivity index (χ1) is 9.80. The third-order valence-electron chi connectivity index (χ3n) is 2.37. The quantitative estimate of drug-likeness (QED) is 0.616. The molecule has 0 saturated carbocycles. The molecule has 0 spiro atoms. The summed E-state index contributed by atoms with van der Waals surface area (Å²) >= 11 is -0.378. The van der Waals surface area contributed by atoms with Gasteiger partial charge in [-0.15, -0.1) is 0 Å². The summed E-state index contributed by atoms with van der Waals surface area (Å²) in [6.07, 6.45) is -0.325. The molecule has 0 aliphatic rings. The monoisotopic (exact) mass is 319 g/mol. The van der Waals surface area contributed by atoms with Gasteiger partial charge in [0, 0.05) is 4.90 Å². The van der Waals surface area contributed by atoms with Crippen molar-refractivity contribution in [2.45, 2.75) is 23.7 Å². The van der Waals surface area contributed by atoms with Crippen LogP contribution >= 0.6 is 11.8 Å². The molecule has 1 aromatic rings. The normalized spacial score (nSPS) is 10.9. The van der Waals surface area contributed by atoms with Gasteiger partial charge in [-0.25, -0.2) is 0 Å². The summed E-state index contributed by atoms with van der Waals surface area (Å²) < 4.78 is 47.3. The molecule has 0 bridgehead atoms. The number of benzene rings is 1. The molecule has 1 rings (SSSR count). The molecule has 0 aliphatic heterocycles. The molecule has 0 heterocycles. The van der Waals surface area contributed by atoms with Crippen LogP contribution in [0, 0.1) is 11.3 Å². The predicted molar refractivity (Wildman–Crippen MR) is 70.0 cm³/mol. The maximum atomic E-state index is 12.6. The Bertz CT molecular complexity index is 567. The number of thioether (sulfide) groups is 1. The van der Waals surface area contributed by atoms with Gasteiger partial charge in [0.15, 0.2) is 0 Å². The molecule has 21 heavy (non-hydrogen) atoms. The average Bonchev–Trinajstić information content (AvgIpc) is 2.38. The molecule has 0 aromatic heterocycles. The number of methoxy groups -OCH3 is 1. The first kappa shape index (κ1) is 17.2. The van der Waals surface area contributed by atoms with Gasteiger partial charge in [0.1, 0.15) is 11.8 Å². The number of hydrogen-bond donors (Lipinski definition) is 0. The average molecular weight is 319 g/mol. The van der Waals surface area contributed by atoms with Crippen LogP contribution in [0.3, 0.4) is 0 Å². The predicted octanol–water partition coefficient (Wildman–Crippen LogP) is 3.28. The Labute approximate surface area is 123 Å². The van der Waals surface area contributed by atoms with E-state index in [1.807, 2.05) is 0 Å². The van der Waals surface area contributed by atoms with Crippen molar-refractivity contribution in [2.24, 2.45) is 0 Å². The van der Waals surface area contributed by atoms with Crippen molar-refractivity contribution >= 4 is 17.7 Å². The highest BCUT2D eigenvalue weighted by molar-refractivity contribution is 8.00. The molecule has 4 nitrogen and oxygen atoms in total. The first-order valence-corrected chi connectivity index (χ1v) is 6.64. The third kappa shape index (κ3) is 5.19. The second-order valence-corrected chi connectivity index (χ2v) is 4.91. The van der Waals surface area contributed by atoms with Gasteiger partial charge in [-0.1, -0.05) is 0 Å². The van der Waals surface area contributed by atoms with E-state index in [1.54, 1.807) is 13.0 Å². The number of halogens is 3. The lowest BCUT2D eigenvalue weighted by Crippen LogP contribution is -2.10. The Hall–Kier alpha value is -1.88. The zero-order chi connectivity index (χ0) is 16.0. The number of nitrogens with zero attached hydrogens (tertiary/aromatic N) is 1. The van der Waals surface area contributed by atoms with Crippen LogP contribution in [0.5, 0.6) is 5.75 Å². The largest absolute Gasteiger partial charge is 0.495 e. The first-order valence-electron chi connectivity index (χ1n) is 5.83. The number of carbonyl (C=O) groups excluding carboxylic acids is 1. The summed E-state index contributed by atoms with van der Waals surface area (Å²) in [7, 11) is 1.29. The minimum atomic E-state index is -4.52. The Morgan fingerprint density at radius 3 is 2.57 bits per heavy atom. The molecule has 0 atom stereocenters. The number of nitriles is 1. The maximum absolute atomic E-state index is 12.6. The van der Waals surface area contributed by atoms with Gasteiger partial charge >= 0.3 is 11.5 Å². The van der Waals surface area contributed by atoms with Crippen molar-refractivity contribution < 1.29 is 27.4 Å². The summed E-state index contributed by atoms with van der Waals surface area (Å²) in [5, 5.41) is 8.92. The van der Waals surface area contributed by atoms with Gasteiger partial charge in [0.25, 0.3) is 0 Å². The highest BCUT2D eigenvalue weighted by Crippen LogP contribution is 2.40. The fourth-order valence-corrected chi connectivity index (χ4v) is 2.27. The molecule has 0 saturated heterocycles. The highest BCUT2D eigenvalue weighted by atomic mass is 32.2. The molecular formula is C13H12F3NO3S. The highest BCUT2D eigenvalue weighted by Gasteiger charge is 2.31. The topological polar surface area (TPSA) is 59.3 Å². The zero-order valence-electron chi connectivity index (χ0n) is 11.3. The summed E-state index contributed by atoms with van der Waals surface area (Å²) in [5.41, 5.74) is -4.45. The summed E-state index contributed by atoms with van der Waals surface area (Å²) in [5.74, 6) is -0.531. The van der Waals surface area contributed by atoms with Crippen LogP contribution in [0.2, 0.25) is 0 Å². The second kappa shape index (κ2) is 7.22. The zero-order valence-corrected chi connectivity index (χ0v) is 12.1. The van der Waals surface area contributed by atoms with Crippen LogP contribution < -0.4 is 4.74 Å². The van der Waals surface area contributed by atoms with E-state index in [9.17, 15) is 18.0 Å². The fourth-order valence-electron chi connectivity index (χ4n) is 1.58. The molecule has 0 amide bonds. The Morgan fingerprint density at radius 1 is 1.43 bits per heavy atom. The van der Waals surface area contributed by atoms with Crippen molar-refractivity contribution in [2.75, 3.05) is 13.7 Å². The number of hydrogen-bond acceptors (Lipinski definition) is 5.